The normalized spacial score (nSPS) is 10.8. The Bertz CT molecular complexity index is 579. The van der Waals surface area contributed by atoms with E-state index in [1.165, 1.54) is 0 Å². The van der Waals surface area contributed by atoms with Gasteiger partial charge >= 0.3 is 0 Å². The molecule has 0 aromatic carbocycles. The average molecular weight is 385 g/mol. The van der Waals surface area contributed by atoms with Gasteiger partial charge in [-0.25, -0.2) is 9.97 Å². The van der Waals surface area contributed by atoms with Gasteiger partial charge < -0.3 is 5.32 Å². The van der Waals surface area contributed by atoms with Crippen LogP contribution in [0.3, 0.4) is 0 Å². The summed E-state index contributed by atoms with van der Waals surface area (Å²) in [5.41, 5.74) is 2.09. The van der Waals surface area contributed by atoms with Crippen molar-refractivity contribution in [1.82, 2.24) is 19.7 Å². The highest BCUT2D eigenvalue weighted by Crippen LogP contribution is 2.24. The predicted molar refractivity (Wildman–Crippen MR) is 89.8 cm³/mol. The van der Waals surface area contributed by atoms with Crippen LogP contribution < -0.4 is 5.32 Å². The van der Waals surface area contributed by atoms with Crippen LogP contribution in [-0.4, -0.2) is 26.8 Å². The Morgan fingerprint density at radius 3 is 2.70 bits per heavy atom. The second kappa shape index (κ2) is 7.01. The molecule has 0 atom stereocenters. The van der Waals surface area contributed by atoms with Gasteiger partial charge in [-0.2, -0.15) is 5.10 Å². The van der Waals surface area contributed by atoms with E-state index >= 15 is 0 Å². The minimum atomic E-state index is 0.754. The standard InChI is InChI=1S/C14H20IN5/c1-4-6-10-12(15)14(16-3)19-13(18-10)11-7-8-17-20(11)9-5-2/h7-8H,4-6,9H2,1-3H3,(H,16,18,19). The third kappa shape index (κ3) is 3.11. The van der Waals surface area contributed by atoms with Crippen LogP contribution in [0.25, 0.3) is 11.5 Å². The van der Waals surface area contributed by atoms with E-state index in [1.54, 1.807) is 0 Å². The van der Waals surface area contributed by atoms with E-state index in [0.29, 0.717) is 0 Å². The third-order valence-electron chi connectivity index (χ3n) is 3.02. The topological polar surface area (TPSA) is 55.6 Å². The summed E-state index contributed by atoms with van der Waals surface area (Å²) < 4.78 is 3.08. The largest absolute Gasteiger partial charge is 0.372 e. The quantitative estimate of drug-likeness (QED) is 0.775. The summed E-state index contributed by atoms with van der Waals surface area (Å²) in [7, 11) is 1.90. The smallest absolute Gasteiger partial charge is 0.180 e. The molecule has 0 unspecified atom stereocenters. The van der Waals surface area contributed by atoms with E-state index in [1.807, 2.05) is 24.0 Å². The Morgan fingerprint density at radius 2 is 2.05 bits per heavy atom. The molecule has 2 heterocycles. The Kier molecular flexibility index (Phi) is 5.33. The number of anilines is 1. The van der Waals surface area contributed by atoms with E-state index in [-0.39, 0.29) is 0 Å². The van der Waals surface area contributed by atoms with Gasteiger partial charge in [0.25, 0.3) is 0 Å². The lowest BCUT2D eigenvalue weighted by Gasteiger charge is -2.11. The fourth-order valence-electron chi connectivity index (χ4n) is 2.09. The van der Waals surface area contributed by atoms with Crippen molar-refractivity contribution < 1.29 is 0 Å². The molecule has 0 aliphatic carbocycles. The molecular weight excluding hydrogens is 365 g/mol. The molecule has 0 radical (unpaired) electrons. The fourth-order valence-corrected chi connectivity index (χ4v) is 2.87. The van der Waals surface area contributed by atoms with Crippen LogP contribution in [0.2, 0.25) is 0 Å². The molecule has 20 heavy (non-hydrogen) atoms. The summed E-state index contributed by atoms with van der Waals surface area (Å²) in [5.74, 6) is 1.65. The Balaban J connectivity index is 2.50. The van der Waals surface area contributed by atoms with Crippen LogP contribution in [0, 0.1) is 3.57 Å². The molecule has 0 fully saturated rings. The second-order valence-corrected chi connectivity index (χ2v) is 5.67. The van der Waals surface area contributed by atoms with Gasteiger partial charge in [-0.1, -0.05) is 20.3 Å². The van der Waals surface area contributed by atoms with Crippen molar-refractivity contribution in [2.75, 3.05) is 12.4 Å². The molecule has 0 aliphatic rings. The lowest BCUT2D eigenvalue weighted by Crippen LogP contribution is -2.08. The van der Waals surface area contributed by atoms with Crippen molar-refractivity contribution in [2.24, 2.45) is 0 Å². The number of hydrogen-bond donors (Lipinski definition) is 1. The van der Waals surface area contributed by atoms with Gasteiger partial charge in [0.2, 0.25) is 0 Å². The first kappa shape index (κ1) is 15.2. The number of aryl methyl sites for hydroxylation is 2. The zero-order chi connectivity index (χ0) is 14.5. The first-order valence-corrected chi connectivity index (χ1v) is 8.05. The molecule has 0 saturated heterocycles. The molecule has 2 aromatic heterocycles. The van der Waals surface area contributed by atoms with Crippen molar-refractivity contribution in [3.05, 3.63) is 21.5 Å². The van der Waals surface area contributed by atoms with Gasteiger partial charge in [0.05, 0.1) is 9.26 Å². The lowest BCUT2D eigenvalue weighted by molar-refractivity contribution is 0.606. The molecule has 0 amide bonds. The molecule has 2 aromatic rings. The molecule has 2 rings (SSSR count). The third-order valence-corrected chi connectivity index (χ3v) is 4.16. The van der Waals surface area contributed by atoms with Crippen molar-refractivity contribution in [3.8, 4) is 11.5 Å². The van der Waals surface area contributed by atoms with Gasteiger partial charge in [0, 0.05) is 19.8 Å². The van der Waals surface area contributed by atoms with Crippen molar-refractivity contribution in [2.45, 2.75) is 39.7 Å². The van der Waals surface area contributed by atoms with Gasteiger partial charge in [-0.05, 0) is 41.5 Å². The van der Waals surface area contributed by atoms with Crippen LogP contribution in [0.15, 0.2) is 12.3 Å². The molecule has 0 aliphatic heterocycles. The minimum Gasteiger partial charge on any atom is -0.372 e. The summed E-state index contributed by atoms with van der Waals surface area (Å²) in [6.07, 6.45) is 4.89. The van der Waals surface area contributed by atoms with E-state index in [9.17, 15) is 0 Å². The van der Waals surface area contributed by atoms with Gasteiger partial charge in [-0.15, -0.1) is 0 Å². The molecule has 0 bridgehead atoms. The molecule has 0 spiro atoms. The predicted octanol–water partition coefficient (Wildman–Crippen LogP) is 3.35. The van der Waals surface area contributed by atoms with Gasteiger partial charge in [-0.3, -0.25) is 4.68 Å². The maximum Gasteiger partial charge on any atom is 0.180 e. The maximum absolute atomic E-state index is 4.74. The molecular formula is C14H20IN5. The first-order valence-electron chi connectivity index (χ1n) is 6.97. The van der Waals surface area contributed by atoms with Crippen LogP contribution in [0.4, 0.5) is 5.82 Å². The number of halogens is 1. The van der Waals surface area contributed by atoms with Crippen molar-refractivity contribution in [1.29, 1.82) is 0 Å². The van der Waals surface area contributed by atoms with Crippen LogP contribution in [-0.2, 0) is 13.0 Å². The van der Waals surface area contributed by atoms with E-state index in [4.69, 9.17) is 4.98 Å². The van der Waals surface area contributed by atoms with Crippen molar-refractivity contribution in [3.63, 3.8) is 0 Å². The van der Waals surface area contributed by atoms with Gasteiger partial charge in [0.1, 0.15) is 11.5 Å². The highest BCUT2D eigenvalue weighted by atomic mass is 127. The van der Waals surface area contributed by atoms with Crippen molar-refractivity contribution >= 4 is 28.4 Å². The SMILES string of the molecule is CCCc1nc(-c2ccnn2CCC)nc(NC)c1I. The molecule has 108 valence electrons. The Labute approximate surface area is 133 Å². The number of aromatic nitrogens is 4. The number of nitrogens with zero attached hydrogens (tertiary/aromatic N) is 4. The number of nitrogens with one attached hydrogen (secondary N) is 1. The van der Waals surface area contributed by atoms with E-state index in [2.05, 4.69) is 51.8 Å². The zero-order valence-corrected chi connectivity index (χ0v) is 14.3. The monoisotopic (exact) mass is 385 g/mol. The van der Waals surface area contributed by atoms with E-state index in [0.717, 1.165) is 52.4 Å². The van der Waals surface area contributed by atoms with Crippen LogP contribution in [0.1, 0.15) is 32.4 Å². The van der Waals surface area contributed by atoms with E-state index < -0.39 is 0 Å². The van der Waals surface area contributed by atoms with Gasteiger partial charge in [0.15, 0.2) is 5.82 Å². The minimum absolute atomic E-state index is 0.754. The summed E-state index contributed by atoms with van der Waals surface area (Å²) >= 11 is 2.31. The zero-order valence-electron chi connectivity index (χ0n) is 12.1. The summed E-state index contributed by atoms with van der Waals surface area (Å²) in [4.78, 5) is 9.37. The summed E-state index contributed by atoms with van der Waals surface area (Å²) in [6.45, 7) is 5.19. The molecule has 1 N–H and O–H groups in total. The summed E-state index contributed by atoms with van der Waals surface area (Å²) in [6, 6.07) is 1.98. The second-order valence-electron chi connectivity index (χ2n) is 4.60. The first-order chi connectivity index (χ1) is 9.71. The highest BCUT2D eigenvalue weighted by molar-refractivity contribution is 14.1. The highest BCUT2D eigenvalue weighted by Gasteiger charge is 2.14. The average Bonchev–Trinajstić information content (AvgIpc) is 2.90. The number of rotatable bonds is 6. The molecule has 5 nitrogen and oxygen atoms in total. The Morgan fingerprint density at radius 1 is 1.25 bits per heavy atom. The van der Waals surface area contributed by atoms with Crippen LogP contribution >= 0.6 is 22.6 Å². The maximum atomic E-state index is 4.74. The molecule has 6 heteroatoms. The van der Waals surface area contributed by atoms with Crippen LogP contribution in [0.5, 0.6) is 0 Å². The molecule has 0 saturated carbocycles. The lowest BCUT2D eigenvalue weighted by atomic mass is 10.2. The summed E-state index contributed by atoms with van der Waals surface area (Å²) in [5, 5.41) is 7.51. The fraction of sp³-hybridized carbons (Fsp3) is 0.500. The Hall–Kier alpha value is -1.18. The number of hydrogen-bond acceptors (Lipinski definition) is 4.